The zero-order valence-corrected chi connectivity index (χ0v) is 14.9. The molecule has 0 aliphatic carbocycles. The number of hydrogen-bond acceptors (Lipinski definition) is 3. The molecule has 0 fully saturated rings. The Balaban J connectivity index is 1.89. The van der Waals surface area contributed by atoms with E-state index in [-0.39, 0.29) is 11.7 Å². The smallest absolute Gasteiger partial charge is 0.387 e. The van der Waals surface area contributed by atoms with Gasteiger partial charge in [-0.2, -0.15) is 13.9 Å². The summed E-state index contributed by atoms with van der Waals surface area (Å²) >= 11 is 0. The van der Waals surface area contributed by atoms with E-state index in [0.717, 1.165) is 22.5 Å². The fraction of sp³-hybridized carbons (Fsp3) is 0.444. The molecular formula is C18H23F2N3O2. The van der Waals surface area contributed by atoms with Crippen LogP contribution in [0.15, 0.2) is 24.3 Å². The molecule has 1 amide bonds. The van der Waals surface area contributed by atoms with E-state index >= 15 is 0 Å². The molecule has 2 rings (SSSR count). The van der Waals surface area contributed by atoms with Gasteiger partial charge in [-0.1, -0.05) is 12.1 Å². The zero-order valence-electron chi connectivity index (χ0n) is 14.9. The molecule has 0 radical (unpaired) electrons. The molecule has 1 aromatic heterocycles. The second kappa shape index (κ2) is 8.09. The van der Waals surface area contributed by atoms with Crippen molar-refractivity contribution in [2.24, 2.45) is 7.05 Å². The molecule has 25 heavy (non-hydrogen) atoms. The first-order chi connectivity index (χ1) is 11.8. The van der Waals surface area contributed by atoms with E-state index in [1.54, 1.807) is 24.1 Å². The van der Waals surface area contributed by atoms with E-state index in [2.05, 4.69) is 9.84 Å². The minimum atomic E-state index is -2.84. The first-order valence-corrected chi connectivity index (χ1v) is 8.04. The molecule has 2 aromatic rings. The Kier molecular flexibility index (Phi) is 6.12. The number of amides is 1. The topological polar surface area (TPSA) is 47.4 Å². The molecule has 0 bridgehead atoms. The first-order valence-electron chi connectivity index (χ1n) is 8.04. The average Bonchev–Trinajstić information content (AvgIpc) is 2.79. The van der Waals surface area contributed by atoms with Gasteiger partial charge in [0, 0.05) is 32.8 Å². The number of aryl methyl sites for hydroxylation is 2. The summed E-state index contributed by atoms with van der Waals surface area (Å²) in [4.78, 5) is 14.0. The quantitative estimate of drug-likeness (QED) is 0.769. The summed E-state index contributed by atoms with van der Waals surface area (Å²) in [5.74, 6) is 0.130. The Bertz CT molecular complexity index is 727. The van der Waals surface area contributed by atoms with Crippen molar-refractivity contribution in [2.45, 2.75) is 39.8 Å². The summed E-state index contributed by atoms with van der Waals surface area (Å²) in [6, 6.07) is 6.30. The Morgan fingerprint density at radius 2 is 1.92 bits per heavy atom. The zero-order chi connectivity index (χ0) is 18.6. The lowest BCUT2D eigenvalue weighted by Gasteiger charge is -2.17. The maximum Gasteiger partial charge on any atom is 0.387 e. The number of carbonyl (C=O) groups is 1. The van der Waals surface area contributed by atoms with Crippen molar-refractivity contribution in [3.8, 4) is 5.75 Å². The van der Waals surface area contributed by atoms with Gasteiger partial charge in [0.2, 0.25) is 5.91 Å². The molecule has 136 valence electrons. The number of nitrogens with zero attached hydrogens (tertiary/aromatic N) is 3. The minimum Gasteiger partial charge on any atom is -0.435 e. The Morgan fingerprint density at radius 3 is 2.44 bits per heavy atom. The monoisotopic (exact) mass is 351 g/mol. The predicted octanol–water partition coefficient (Wildman–Crippen LogP) is 3.23. The van der Waals surface area contributed by atoms with Gasteiger partial charge in [0.1, 0.15) is 5.75 Å². The molecule has 0 aliphatic heterocycles. The van der Waals surface area contributed by atoms with E-state index in [4.69, 9.17) is 0 Å². The highest BCUT2D eigenvalue weighted by Gasteiger charge is 2.14. The van der Waals surface area contributed by atoms with Gasteiger partial charge in [-0.3, -0.25) is 9.48 Å². The van der Waals surface area contributed by atoms with Crippen molar-refractivity contribution in [2.75, 3.05) is 7.05 Å². The van der Waals surface area contributed by atoms with Gasteiger partial charge in [-0.05, 0) is 43.5 Å². The SMILES string of the molecule is Cc1nn(C)c(C)c1CCC(=O)N(C)Cc1ccc(OC(F)F)cc1. The maximum atomic E-state index is 12.3. The van der Waals surface area contributed by atoms with Crippen LogP contribution in [0.25, 0.3) is 0 Å². The number of aromatic nitrogens is 2. The molecule has 0 aliphatic rings. The third-order valence-corrected chi connectivity index (χ3v) is 4.24. The Labute approximate surface area is 146 Å². The third kappa shape index (κ3) is 5.01. The molecule has 0 atom stereocenters. The number of hydrogen-bond donors (Lipinski definition) is 0. The van der Waals surface area contributed by atoms with Crippen molar-refractivity contribution in [3.63, 3.8) is 0 Å². The van der Waals surface area contributed by atoms with Crippen LogP contribution in [0.5, 0.6) is 5.75 Å². The van der Waals surface area contributed by atoms with Gasteiger partial charge in [0.25, 0.3) is 0 Å². The van der Waals surface area contributed by atoms with E-state index < -0.39 is 6.61 Å². The van der Waals surface area contributed by atoms with E-state index in [1.165, 1.54) is 12.1 Å². The highest BCUT2D eigenvalue weighted by molar-refractivity contribution is 5.76. The van der Waals surface area contributed by atoms with Crippen LogP contribution < -0.4 is 4.74 Å². The lowest BCUT2D eigenvalue weighted by molar-refractivity contribution is -0.130. The number of rotatable bonds is 7. The van der Waals surface area contributed by atoms with Gasteiger partial charge in [-0.15, -0.1) is 0 Å². The van der Waals surface area contributed by atoms with Crippen LogP contribution in [-0.4, -0.2) is 34.2 Å². The summed E-state index contributed by atoms with van der Waals surface area (Å²) < 4.78 is 30.4. The Morgan fingerprint density at radius 1 is 1.28 bits per heavy atom. The van der Waals surface area contributed by atoms with Crippen LogP contribution in [0.3, 0.4) is 0 Å². The summed E-state index contributed by atoms with van der Waals surface area (Å²) in [6.07, 6.45) is 1.05. The number of ether oxygens (including phenoxy) is 1. The van der Waals surface area contributed by atoms with Crippen LogP contribution in [0.4, 0.5) is 8.78 Å². The molecule has 1 aromatic carbocycles. The van der Waals surface area contributed by atoms with Gasteiger partial charge in [0.05, 0.1) is 5.69 Å². The summed E-state index contributed by atoms with van der Waals surface area (Å²) in [6.45, 7) is 1.51. The molecule has 0 saturated carbocycles. The maximum absolute atomic E-state index is 12.3. The van der Waals surface area contributed by atoms with Crippen LogP contribution in [0.2, 0.25) is 0 Å². The highest BCUT2D eigenvalue weighted by atomic mass is 19.3. The molecule has 0 N–H and O–H groups in total. The molecule has 1 heterocycles. The van der Waals surface area contributed by atoms with Crippen LogP contribution in [-0.2, 0) is 24.8 Å². The second-order valence-electron chi connectivity index (χ2n) is 6.05. The largest absolute Gasteiger partial charge is 0.435 e. The predicted molar refractivity (Wildman–Crippen MR) is 90.6 cm³/mol. The molecule has 0 unspecified atom stereocenters. The fourth-order valence-corrected chi connectivity index (χ4v) is 2.74. The van der Waals surface area contributed by atoms with Gasteiger partial charge in [0.15, 0.2) is 0 Å². The number of halogens is 2. The normalized spacial score (nSPS) is 11.0. The minimum absolute atomic E-state index is 0.0237. The number of benzene rings is 1. The van der Waals surface area contributed by atoms with E-state index in [0.29, 0.717) is 19.4 Å². The van der Waals surface area contributed by atoms with Crippen LogP contribution in [0, 0.1) is 13.8 Å². The van der Waals surface area contributed by atoms with E-state index in [1.807, 2.05) is 25.6 Å². The third-order valence-electron chi connectivity index (χ3n) is 4.24. The molecular weight excluding hydrogens is 328 g/mol. The fourth-order valence-electron chi connectivity index (χ4n) is 2.74. The summed E-state index contributed by atoms with van der Waals surface area (Å²) in [7, 11) is 3.62. The number of alkyl halides is 2. The van der Waals surface area contributed by atoms with Gasteiger partial charge in [-0.25, -0.2) is 0 Å². The van der Waals surface area contributed by atoms with Crippen molar-refractivity contribution >= 4 is 5.91 Å². The lowest BCUT2D eigenvalue weighted by Crippen LogP contribution is -2.26. The summed E-state index contributed by atoms with van der Waals surface area (Å²) in [5, 5.41) is 4.36. The Hall–Kier alpha value is -2.44. The van der Waals surface area contributed by atoms with Crippen LogP contribution in [0.1, 0.15) is 28.9 Å². The van der Waals surface area contributed by atoms with Crippen molar-refractivity contribution in [1.82, 2.24) is 14.7 Å². The molecule has 0 saturated heterocycles. The number of carbonyl (C=O) groups excluding carboxylic acids is 1. The van der Waals surface area contributed by atoms with Gasteiger partial charge >= 0.3 is 6.61 Å². The standard InChI is InChI=1S/C18H23F2N3O2/c1-12-16(13(2)23(4)21-12)9-10-17(24)22(3)11-14-5-7-15(8-6-14)25-18(19)20/h5-8,18H,9-11H2,1-4H3. The van der Waals surface area contributed by atoms with Crippen molar-refractivity contribution < 1.29 is 18.3 Å². The lowest BCUT2D eigenvalue weighted by atomic mass is 10.1. The van der Waals surface area contributed by atoms with Gasteiger partial charge < -0.3 is 9.64 Å². The van der Waals surface area contributed by atoms with E-state index in [9.17, 15) is 13.6 Å². The van der Waals surface area contributed by atoms with Crippen molar-refractivity contribution in [3.05, 3.63) is 46.8 Å². The highest BCUT2D eigenvalue weighted by Crippen LogP contribution is 2.17. The summed E-state index contributed by atoms with van der Waals surface area (Å²) in [5.41, 5.74) is 3.98. The average molecular weight is 351 g/mol. The van der Waals surface area contributed by atoms with Crippen LogP contribution >= 0.6 is 0 Å². The first kappa shape index (κ1) is 18.9. The molecule has 7 heteroatoms. The molecule has 0 spiro atoms. The second-order valence-corrected chi connectivity index (χ2v) is 6.05. The molecule has 5 nitrogen and oxygen atoms in total. The van der Waals surface area contributed by atoms with Crippen molar-refractivity contribution in [1.29, 1.82) is 0 Å².